The van der Waals surface area contributed by atoms with Crippen molar-refractivity contribution in [2.45, 2.75) is 77.2 Å². The van der Waals surface area contributed by atoms with Gasteiger partial charge >= 0.3 is 11.9 Å². The molecule has 0 aliphatic heterocycles. The Morgan fingerprint density at radius 1 is 0.719 bits per heavy atom. The van der Waals surface area contributed by atoms with E-state index >= 15 is 0 Å². The molecule has 1 atom stereocenters. The third-order valence-corrected chi connectivity index (χ3v) is 5.48. The fraction of sp³-hybridized carbons (Fsp3) is 0.895. The van der Waals surface area contributed by atoms with E-state index in [1.54, 1.807) is 0 Å². The van der Waals surface area contributed by atoms with Gasteiger partial charge in [0.2, 0.25) is 0 Å². The molecule has 0 saturated heterocycles. The predicted octanol–water partition coefficient (Wildman–Crippen LogP) is 2.15. The number of carbonyl (C=O) groups is 2. The van der Waals surface area contributed by atoms with E-state index in [-0.39, 0.29) is 6.61 Å². The van der Waals surface area contributed by atoms with Gasteiger partial charge in [0, 0.05) is 6.61 Å². The molecule has 0 aromatic carbocycles. The van der Waals surface area contributed by atoms with Gasteiger partial charge < -0.3 is 14.2 Å². The zero-order valence-corrected chi connectivity index (χ0v) is 20.2. The summed E-state index contributed by atoms with van der Waals surface area (Å²) < 4.78 is 75.0. The van der Waals surface area contributed by atoms with Crippen molar-refractivity contribution >= 4 is 32.2 Å². The van der Waals surface area contributed by atoms with Gasteiger partial charge in [0.1, 0.15) is 6.61 Å². The second kappa shape index (κ2) is 17.2. The molecule has 2 N–H and O–H groups in total. The molecule has 0 aliphatic rings. The van der Waals surface area contributed by atoms with Crippen LogP contribution in [0.3, 0.4) is 0 Å². The fourth-order valence-electron chi connectivity index (χ4n) is 2.77. The maximum Gasteiger partial charge on any atom is 0.324 e. The van der Waals surface area contributed by atoms with Gasteiger partial charge in [-0.2, -0.15) is 16.8 Å². The molecule has 11 nitrogen and oxygen atoms in total. The molecule has 190 valence electrons. The van der Waals surface area contributed by atoms with Gasteiger partial charge in [0.25, 0.3) is 20.2 Å². The molecule has 1 unspecified atom stereocenters. The lowest BCUT2D eigenvalue weighted by Crippen LogP contribution is -2.33. The number of esters is 2. The summed E-state index contributed by atoms with van der Waals surface area (Å²) in [6.07, 6.45) is 10.2. The second-order valence-electron chi connectivity index (χ2n) is 7.50. The van der Waals surface area contributed by atoms with Crippen LogP contribution in [0.1, 0.15) is 71.1 Å². The van der Waals surface area contributed by atoms with Crippen LogP contribution in [0.5, 0.6) is 0 Å². The minimum Gasteiger partial charge on any atom is -0.461 e. The van der Waals surface area contributed by atoms with E-state index in [0.29, 0.717) is 6.61 Å². The van der Waals surface area contributed by atoms with Gasteiger partial charge in [-0.3, -0.25) is 18.7 Å². The largest absolute Gasteiger partial charge is 0.461 e. The van der Waals surface area contributed by atoms with E-state index in [0.717, 1.165) is 25.7 Å². The number of carbonyl (C=O) groups excluding carboxylic acids is 2. The Labute approximate surface area is 190 Å². The molecule has 0 saturated carbocycles. The first-order valence-corrected chi connectivity index (χ1v) is 14.0. The highest BCUT2D eigenvalue weighted by atomic mass is 32.2. The standard InChI is InChI=1S/C19H36O11S2/c1-2-3-4-5-6-7-8-9-10-11-12-28-13-17(30-19(21)16-32(25,26)27)14-29-18(20)15-31(22,23)24/h17H,2-16H2,1H3,(H,22,23,24)(H,25,26,27). The highest BCUT2D eigenvalue weighted by Gasteiger charge is 2.22. The van der Waals surface area contributed by atoms with E-state index in [1.165, 1.54) is 38.5 Å². The first kappa shape index (κ1) is 30.7. The summed E-state index contributed by atoms with van der Waals surface area (Å²) in [6.45, 7) is 1.68. The van der Waals surface area contributed by atoms with Crippen LogP contribution in [0.4, 0.5) is 0 Å². The number of unbranched alkanes of at least 4 members (excludes halogenated alkanes) is 9. The smallest absolute Gasteiger partial charge is 0.324 e. The normalized spacial score (nSPS) is 13.0. The molecule has 0 rings (SSSR count). The minimum atomic E-state index is -4.61. The zero-order chi connectivity index (χ0) is 24.5. The summed E-state index contributed by atoms with van der Waals surface area (Å²) in [5.74, 6) is -5.14. The summed E-state index contributed by atoms with van der Waals surface area (Å²) in [5.41, 5.74) is 0. The Morgan fingerprint density at radius 3 is 1.69 bits per heavy atom. The lowest BCUT2D eigenvalue weighted by molar-refractivity contribution is -0.159. The van der Waals surface area contributed by atoms with Crippen molar-refractivity contribution in [3.8, 4) is 0 Å². The van der Waals surface area contributed by atoms with Gasteiger partial charge in [0.15, 0.2) is 17.6 Å². The lowest BCUT2D eigenvalue weighted by atomic mass is 10.1. The highest BCUT2D eigenvalue weighted by Crippen LogP contribution is 2.10. The van der Waals surface area contributed by atoms with Crippen molar-refractivity contribution in [3.63, 3.8) is 0 Å². The molecule has 13 heteroatoms. The minimum absolute atomic E-state index is 0.228. The second-order valence-corrected chi connectivity index (χ2v) is 10.4. The van der Waals surface area contributed by atoms with Crippen molar-refractivity contribution in [2.75, 3.05) is 31.3 Å². The Hall–Kier alpha value is -1.28. The summed E-state index contributed by atoms with van der Waals surface area (Å²) in [5, 5.41) is 0. The summed E-state index contributed by atoms with van der Waals surface area (Å²) in [6, 6.07) is 0. The van der Waals surface area contributed by atoms with Crippen LogP contribution < -0.4 is 0 Å². The van der Waals surface area contributed by atoms with Crippen molar-refractivity contribution in [2.24, 2.45) is 0 Å². The molecule has 0 amide bonds. The van der Waals surface area contributed by atoms with Crippen LogP contribution >= 0.6 is 0 Å². The van der Waals surface area contributed by atoms with Crippen LogP contribution in [-0.4, -0.2) is 75.3 Å². The van der Waals surface area contributed by atoms with Crippen molar-refractivity contribution in [3.05, 3.63) is 0 Å². The van der Waals surface area contributed by atoms with E-state index in [2.05, 4.69) is 11.7 Å². The molecule has 0 bridgehead atoms. The topological polar surface area (TPSA) is 171 Å². The predicted molar refractivity (Wildman–Crippen MR) is 116 cm³/mol. The van der Waals surface area contributed by atoms with E-state index < -0.39 is 56.4 Å². The Bertz CT molecular complexity index is 732. The lowest BCUT2D eigenvalue weighted by Gasteiger charge is -2.18. The third kappa shape index (κ3) is 21.9. The Morgan fingerprint density at radius 2 is 1.19 bits per heavy atom. The average Bonchev–Trinajstić information content (AvgIpc) is 2.63. The summed E-state index contributed by atoms with van der Waals surface area (Å²) in [4.78, 5) is 22.9. The molecule has 32 heavy (non-hydrogen) atoms. The molecular weight excluding hydrogens is 468 g/mol. The van der Waals surface area contributed by atoms with Crippen molar-refractivity contribution in [1.29, 1.82) is 0 Å². The molecular formula is C19H36O11S2. The summed E-state index contributed by atoms with van der Waals surface area (Å²) >= 11 is 0. The maximum atomic E-state index is 11.6. The molecule has 0 spiro atoms. The average molecular weight is 505 g/mol. The highest BCUT2D eigenvalue weighted by molar-refractivity contribution is 7.86. The van der Waals surface area contributed by atoms with Crippen LogP contribution in [0, 0.1) is 0 Å². The van der Waals surface area contributed by atoms with Crippen LogP contribution in [-0.2, 0) is 44.0 Å². The summed E-state index contributed by atoms with van der Waals surface area (Å²) in [7, 11) is -9.19. The third-order valence-electron chi connectivity index (χ3n) is 4.27. The van der Waals surface area contributed by atoms with Crippen molar-refractivity contribution < 1.29 is 49.7 Å². The SMILES string of the molecule is CCCCCCCCCCCCOCC(COC(=O)CS(=O)(=O)O)OC(=O)CS(=O)(=O)O. The van der Waals surface area contributed by atoms with Crippen LogP contribution in [0.15, 0.2) is 0 Å². The monoisotopic (exact) mass is 504 g/mol. The molecule has 0 radical (unpaired) electrons. The van der Waals surface area contributed by atoms with E-state index in [1.807, 2.05) is 0 Å². The number of ether oxygens (including phenoxy) is 3. The Balaban J connectivity index is 4.21. The first-order valence-electron chi connectivity index (χ1n) is 10.8. The van der Waals surface area contributed by atoms with Gasteiger partial charge in [-0.25, -0.2) is 0 Å². The zero-order valence-electron chi connectivity index (χ0n) is 18.6. The molecule has 0 aliphatic carbocycles. The number of hydrogen-bond acceptors (Lipinski definition) is 9. The fourth-order valence-corrected chi connectivity index (χ4v) is 3.51. The van der Waals surface area contributed by atoms with Crippen molar-refractivity contribution in [1.82, 2.24) is 0 Å². The van der Waals surface area contributed by atoms with Gasteiger partial charge in [-0.05, 0) is 6.42 Å². The maximum absolute atomic E-state index is 11.6. The van der Waals surface area contributed by atoms with Gasteiger partial charge in [-0.1, -0.05) is 64.7 Å². The molecule has 0 fully saturated rings. The number of hydrogen-bond donors (Lipinski definition) is 2. The van der Waals surface area contributed by atoms with E-state index in [9.17, 15) is 26.4 Å². The molecule has 0 aromatic heterocycles. The van der Waals surface area contributed by atoms with Gasteiger partial charge in [-0.15, -0.1) is 0 Å². The first-order chi connectivity index (χ1) is 14.9. The van der Waals surface area contributed by atoms with Crippen LogP contribution in [0.25, 0.3) is 0 Å². The number of rotatable bonds is 20. The quantitative estimate of drug-likeness (QED) is 0.141. The Kier molecular flexibility index (Phi) is 16.5. The molecule has 0 aromatic rings. The van der Waals surface area contributed by atoms with Gasteiger partial charge in [0.05, 0.1) is 6.61 Å². The van der Waals surface area contributed by atoms with Crippen LogP contribution in [0.2, 0.25) is 0 Å². The molecule has 0 heterocycles. The van der Waals surface area contributed by atoms with E-state index in [4.69, 9.17) is 18.6 Å².